The maximum absolute atomic E-state index is 12.5. The molecule has 6 heteroatoms. The molecule has 144 valence electrons. The van der Waals surface area contributed by atoms with Crippen LogP contribution in [0.25, 0.3) is 11.4 Å². The molecule has 1 aliphatic rings. The predicted molar refractivity (Wildman–Crippen MR) is 108 cm³/mol. The van der Waals surface area contributed by atoms with Crippen molar-refractivity contribution in [3.8, 4) is 11.4 Å². The van der Waals surface area contributed by atoms with Crippen LogP contribution in [-0.2, 0) is 11.2 Å². The van der Waals surface area contributed by atoms with Crippen molar-refractivity contribution < 1.29 is 9.32 Å². The number of carbonyl (C=O) groups excluding carboxylic acids is 1. The summed E-state index contributed by atoms with van der Waals surface area (Å²) in [5.41, 5.74) is 2.16. The van der Waals surface area contributed by atoms with Crippen LogP contribution < -0.4 is 4.90 Å². The van der Waals surface area contributed by atoms with E-state index in [0.717, 1.165) is 31.7 Å². The largest absolute Gasteiger partial charge is 0.368 e. The van der Waals surface area contributed by atoms with E-state index in [2.05, 4.69) is 27.2 Å². The number of carbonyl (C=O) groups is 1. The number of para-hydroxylation sites is 1. The molecule has 0 saturated carbocycles. The summed E-state index contributed by atoms with van der Waals surface area (Å²) < 4.78 is 5.32. The number of amides is 1. The third-order valence-corrected chi connectivity index (χ3v) is 5.04. The number of rotatable bonds is 6. The van der Waals surface area contributed by atoms with E-state index < -0.39 is 0 Å². The predicted octanol–water partition coefficient (Wildman–Crippen LogP) is 3.41. The highest BCUT2D eigenvalue weighted by Gasteiger charge is 2.21. The Bertz CT molecular complexity index is 887. The standard InChI is InChI=1S/C22H24N4O2/c27-21(26-16-14-25(15-17-26)19-10-5-2-6-11-19)13-7-12-20-23-22(24-28-20)18-8-3-1-4-9-18/h1-6,8-11H,7,12-17H2. The number of piperazine rings is 1. The average Bonchev–Trinajstić information content (AvgIpc) is 3.24. The summed E-state index contributed by atoms with van der Waals surface area (Å²) in [6, 6.07) is 20.1. The van der Waals surface area contributed by atoms with Gasteiger partial charge in [-0.25, -0.2) is 0 Å². The fourth-order valence-electron chi connectivity index (χ4n) is 3.46. The lowest BCUT2D eigenvalue weighted by Gasteiger charge is -2.36. The first-order valence-corrected chi connectivity index (χ1v) is 9.75. The molecule has 1 saturated heterocycles. The maximum Gasteiger partial charge on any atom is 0.226 e. The molecular formula is C22H24N4O2. The lowest BCUT2D eigenvalue weighted by Crippen LogP contribution is -2.48. The minimum atomic E-state index is 0.204. The van der Waals surface area contributed by atoms with Crippen LogP contribution in [0.4, 0.5) is 5.69 Å². The van der Waals surface area contributed by atoms with Gasteiger partial charge < -0.3 is 14.3 Å². The molecule has 0 N–H and O–H groups in total. The lowest BCUT2D eigenvalue weighted by atomic mass is 10.2. The van der Waals surface area contributed by atoms with Gasteiger partial charge in [0.05, 0.1) is 0 Å². The summed E-state index contributed by atoms with van der Waals surface area (Å²) in [6.45, 7) is 3.29. The van der Waals surface area contributed by atoms with Gasteiger partial charge in [0.1, 0.15) is 0 Å². The topological polar surface area (TPSA) is 62.5 Å². The van der Waals surface area contributed by atoms with Gasteiger partial charge in [0.25, 0.3) is 0 Å². The highest BCUT2D eigenvalue weighted by atomic mass is 16.5. The number of nitrogens with zero attached hydrogens (tertiary/aromatic N) is 4. The van der Waals surface area contributed by atoms with Gasteiger partial charge in [-0.1, -0.05) is 53.7 Å². The van der Waals surface area contributed by atoms with Gasteiger partial charge in [0.15, 0.2) is 0 Å². The quantitative estimate of drug-likeness (QED) is 0.660. The number of aromatic nitrogens is 2. The SMILES string of the molecule is O=C(CCCc1nc(-c2ccccc2)no1)N1CCN(c2ccccc2)CC1. The third-order valence-electron chi connectivity index (χ3n) is 5.04. The van der Waals surface area contributed by atoms with Crippen LogP contribution in [0, 0.1) is 0 Å². The number of hydrogen-bond acceptors (Lipinski definition) is 5. The zero-order chi connectivity index (χ0) is 19.2. The maximum atomic E-state index is 12.5. The minimum Gasteiger partial charge on any atom is -0.368 e. The van der Waals surface area contributed by atoms with E-state index >= 15 is 0 Å². The Morgan fingerprint density at radius 1 is 0.929 bits per heavy atom. The Labute approximate surface area is 164 Å². The third kappa shape index (κ3) is 4.39. The van der Waals surface area contributed by atoms with Crippen molar-refractivity contribution in [1.82, 2.24) is 15.0 Å². The van der Waals surface area contributed by atoms with Crippen LogP contribution in [0.3, 0.4) is 0 Å². The Hall–Kier alpha value is -3.15. The molecular weight excluding hydrogens is 352 g/mol. The van der Waals surface area contributed by atoms with E-state index in [1.54, 1.807) is 0 Å². The summed E-state index contributed by atoms with van der Waals surface area (Å²) in [6.07, 6.45) is 1.85. The average molecular weight is 376 g/mol. The summed E-state index contributed by atoms with van der Waals surface area (Å²) in [5.74, 6) is 1.38. The first kappa shape index (κ1) is 18.2. The Morgan fingerprint density at radius 2 is 1.61 bits per heavy atom. The number of benzene rings is 2. The molecule has 0 spiro atoms. The van der Waals surface area contributed by atoms with Crippen LogP contribution in [0.15, 0.2) is 65.2 Å². The second-order valence-corrected chi connectivity index (χ2v) is 6.93. The number of aryl methyl sites for hydroxylation is 1. The first-order chi connectivity index (χ1) is 13.8. The fourth-order valence-corrected chi connectivity index (χ4v) is 3.46. The molecule has 28 heavy (non-hydrogen) atoms. The van der Waals surface area contributed by atoms with E-state index in [0.29, 0.717) is 31.0 Å². The highest BCUT2D eigenvalue weighted by Crippen LogP contribution is 2.17. The van der Waals surface area contributed by atoms with Crippen molar-refractivity contribution in [3.63, 3.8) is 0 Å². The molecule has 0 atom stereocenters. The molecule has 1 aliphatic heterocycles. The highest BCUT2D eigenvalue weighted by molar-refractivity contribution is 5.76. The Morgan fingerprint density at radius 3 is 2.32 bits per heavy atom. The smallest absolute Gasteiger partial charge is 0.226 e. The minimum absolute atomic E-state index is 0.204. The second kappa shape index (κ2) is 8.69. The van der Waals surface area contributed by atoms with Crippen molar-refractivity contribution in [1.29, 1.82) is 0 Å². The van der Waals surface area contributed by atoms with Crippen molar-refractivity contribution >= 4 is 11.6 Å². The molecule has 2 heterocycles. The van der Waals surface area contributed by atoms with Gasteiger partial charge in [0, 0.05) is 50.3 Å². The summed E-state index contributed by atoms with van der Waals surface area (Å²) in [5, 5.41) is 4.02. The summed E-state index contributed by atoms with van der Waals surface area (Å²) >= 11 is 0. The van der Waals surface area contributed by atoms with Crippen LogP contribution in [0.2, 0.25) is 0 Å². The van der Waals surface area contributed by atoms with Crippen molar-refractivity contribution in [2.45, 2.75) is 19.3 Å². The monoisotopic (exact) mass is 376 g/mol. The summed E-state index contributed by atoms with van der Waals surface area (Å²) in [7, 11) is 0. The molecule has 6 nitrogen and oxygen atoms in total. The molecule has 1 aromatic heterocycles. The van der Waals surface area contributed by atoms with E-state index in [1.807, 2.05) is 53.4 Å². The van der Waals surface area contributed by atoms with Gasteiger partial charge in [-0.2, -0.15) is 4.98 Å². The van der Waals surface area contributed by atoms with Crippen molar-refractivity contribution in [2.24, 2.45) is 0 Å². The van der Waals surface area contributed by atoms with E-state index in [1.165, 1.54) is 5.69 Å². The molecule has 2 aromatic carbocycles. The molecule has 3 aromatic rings. The van der Waals surface area contributed by atoms with Crippen molar-refractivity contribution in [2.75, 3.05) is 31.1 Å². The first-order valence-electron chi connectivity index (χ1n) is 9.75. The van der Waals surface area contributed by atoms with Gasteiger partial charge >= 0.3 is 0 Å². The van der Waals surface area contributed by atoms with E-state index in [-0.39, 0.29) is 5.91 Å². The molecule has 4 rings (SSSR count). The molecule has 1 fully saturated rings. The van der Waals surface area contributed by atoms with Crippen LogP contribution in [0.5, 0.6) is 0 Å². The van der Waals surface area contributed by atoms with Gasteiger partial charge in [-0.15, -0.1) is 0 Å². The zero-order valence-electron chi connectivity index (χ0n) is 15.8. The molecule has 0 aliphatic carbocycles. The van der Waals surface area contributed by atoms with Crippen LogP contribution >= 0.6 is 0 Å². The second-order valence-electron chi connectivity index (χ2n) is 6.93. The summed E-state index contributed by atoms with van der Waals surface area (Å²) in [4.78, 5) is 21.2. The van der Waals surface area contributed by atoms with Gasteiger partial charge in [0.2, 0.25) is 17.6 Å². The molecule has 1 amide bonds. The Balaban J connectivity index is 1.22. The molecule has 0 unspecified atom stereocenters. The van der Waals surface area contributed by atoms with Gasteiger partial charge in [-0.3, -0.25) is 4.79 Å². The van der Waals surface area contributed by atoms with Crippen LogP contribution in [0.1, 0.15) is 18.7 Å². The Kier molecular flexibility index (Phi) is 5.66. The lowest BCUT2D eigenvalue weighted by molar-refractivity contribution is -0.131. The number of hydrogen-bond donors (Lipinski definition) is 0. The fraction of sp³-hybridized carbons (Fsp3) is 0.318. The normalized spacial score (nSPS) is 14.3. The van der Waals surface area contributed by atoms with Crippen molar-refractivity contribution in [3.05, 3.63) is 66.6 Å². The molecule has 0 radical (unpaired) electrons. The van der Waals surface area contributed by atoms with E-state index in [4.69, 9.17) is 4.52 Å². The van der Waals surface area contributed by atoms with Gasteiger partial charge in [-0.05, 0) is 18.6 Å². The zero-order valence-corrected chi connectivity index (χ0v) is 15.8. The molecule has 0 bridgehead atoms. The number of anilines is 1. The van der Waals surface area contributed by atoms with E-state index in [9.17, 15) is 4.79 Å². The van der Waals surface area contributed by atoms with Crippen LogP contribution in [-0.4, -0.2) is 47.1 Å².